The Hall–Kier alpha value is -3.22. The van der Waals surface area contributed by atoms with Gasteiger partial charge in [0.15, 0.2) is 0 Å². The highest BCUT2D eigenvalue weighted by Crippen LogP contribution is 2.18. The molecular weight excluding hydrogens is 336 g/mol. The second-order valence-electron chi connectivity index (χ2n) is 5.81. The Morgan fingerprint density at radius 3 is 2.08 bits per heavy atom. The zero-order valence-corrected chi connectivity index (χ0v) is 14.2. The number of phenolic OH excluding ortho intramolecular Hbond substituents is 1. The number of primary amides is 1. The Labute approximate surface area is 151 Å². The predicted molar refractivity (Wildman–Crippen MR) is 96.3 cm³/mol. The topological polar surface area (TPSA) is 113 Å². The summed E-state index contributed by atoms with van der Waals surface area (Å²) in [4.78, 5) is 22.6. The third-order valence-electron chi connectivity index (χ3n) is 3.91. The summed E-state index contributed by atoms with van der Waals surface area (Å²) in [6.07, 6.45) is 0.832. The van der Waals surface area contributed by atoms with Gasteiger partial charge < -0.3 is 25.6 Å². The lowest BCUT2D eigenvalue weighted by Crippen LogP contribution is -2.41. The summed E-state index contributed by atoms with van der Waals surface area (Å²) >= 11 is 0. The number of carbonyl (C=O) groups excluding carboxylic acids is 1. The van der Waals surface area contributed by atoms with Crippen LogP contribution in [0.15, 0.2) is 54.6 Å². The second kappa shape index (κ2) is 9.31. The number of hydrogen-bond acceptors (Lipinski definition) is 4. The number of aromatic hydroxyl groups is 1. The van der Waals surface area contributed by atoms with E-state index >= 15 is 0 Å². The molecule has 0 spiro atoms. The van der Waals surface area contributed by atoms with Crippen LogP contribution in [0.2, 0.25) is 0 Å². The molecule has 0 aromatic heterocycles. The van der Waals surface area contributed by atoms with Gasteiger partial charge >= 0.3 is 6.09 Å². The summed E-state index contributed by atoms with van der Waals surface area (Å²) in [5, 5.41) is 17.6. The van der Waals surface area contributed by atoms with Crippen LogP contribution in [0.4, 0.5) is 4.79 Å². The fourth-order valence-corrected chi connectivity index (χ4v) is 2.48. The monoisotopic (exact) mass is 358 g/mol. The van der Waals surface area contributed by atoms with E-state index in [4.69, 9.17) is 20.7 Å². The van der Waals surface area contributed by atoms with Gasteiger partial charge in [0.05, 0.1) is 0 Å². The van der Waals surface area contributed by atoms with Crippen LogP contribution in [0.3, 0.4) is 0 Å². The summed E-state index contributed by atoms with van der Waals surface area (Å²) in [6, 6.07) is 15.4. The van der Waals surface area contributed by atoms with E-state index in [0.717, 1.165) is 18.6 Å². The average Bonchev–Trinajstić information content (AvgIpc) is 2.64. The minimum absolute atomic E-state index is 0.130. The van der Waals surface area contributed by atoms with Crippen molar-refractivity contribution in [1.82, 2.24) is 4.90 Å². The highest BCUT2D eigenvalue weighted by atomic mass is 16.5. The van der Waals surface area contributed by atoms with Gasteiger partial charge in [0.2, 0.25) is 5.91 Å². The van der Waals surface area contributed by atoms with E-state index in [2.05, 4.69) is 0 Å². The van der Waals surface area contributed by atoms with Crippen molar-refractivity contribution >= 4 is 12.0 Å². The molecule has 0 saturated carbocycles. The molecule has 0 unspecified atom stereocenters. The van der Waals surface area contributed by atoms with E-state index in [9.17, 15) is 9.59 Å². The first-order valence-corrected chi connectivity index (χ1v) is 8.24. The molecule has 1 aliphatic heterocycles. The number of likely N-dealkylation sites (tertiary alicyclic amines) is 1. The summed E-state index contributed by atoms with van der Waals surface area (Å²) in [5.74, 6) is 0.501. The van der Waals surface area contributed by atoms with Crippen molar-refractivity contribution in [2.75, 3.05) is 13.1 Å². The van der Waals surface area contributed by atoms with Crippen molar-refractivity contribution in [2.24, 2.45) is 5.73 Å². The van der Waals surface area contributed by atoms with Crippen LogP contribution in [0, 0.1) is 0 Å². The largest absolute Gasteiger partial charge is 0.508 e. The number of amides is 2. The molecule has 1 saturated heterocycles. The molecule has 2 aromatic rings. The lowest BCUT2D eigenvalue weighted by Gasteiger charge is -2.30. The lowest BCUT2D eigenvalue weighted by molar-refractivity contribution is 0.0894. The summed E-state index contributed by atoms with van der Waals surface area (Å²) in [5.41, 5.74) is 5.34. The summed E-state index contributed by atoms with van der Waals surface area (Å²) in [7, 11) is 0. The molecule has 4 N–H and O–H groups in total. The fourth-order valence-electron chi connectivity index (χ4n) is 2.48. The second-order valence-corrected chi connectivity index (χ2v) is 5.81. The van der Waals surface area contributed by atoms with Crippen molar-refractivity contribution in [3.05, 3.63) is 60.2 Å². The molecule has 1 aliphatic rings. The Morgan fingerprint density at radius 2 is 1.58 bits per heavy atom. The van der Waals surface area contributed by atoms with Gasteiger partial charge in [0, 0.05) is 31.5 Å². The van der Waals surface area contributed by atoms with Crippen LogP contribution in [0.5, 0.6) is 11.5 Å². The molecule has 2 aromatic carbocycles. The van der Waals surface area contributed by atoms with E-state index in [1.54, 1.807) is 0 Å². The van der Waals surface area contributed by atoms with Crippen LogP contribution >= 0.6 is 0 Å². The van der Waals surface area contributed by atoms with Gasteiger partial charge in [-0.3, -0.25) is 4.79 Å². The van der Waals surface area contributed by atoms with Crippen molar-refractivity contribution < 1.29 is 24.5 Å². The molecule has 2 amide bonds. The van der Waals surface area contributed by atoms with Gasteiger partial charge in [-0.2, -0.15) is 0 Å². The number of piperidine rings is 1. The van der Waals surface area contributed by atoms with E-state index in [1.165, 1.54) is 29.2 Å². The van der Waals surface area contributed by atoms with E-state index in [-0.39, 0.29) is 11.9 Å². The Kier molecular flexibility index (Phi) is 6.84. The smallest absolute Gasteiger partial charge is 0.407 e. The van der Waals surface area contributed by atoms with Crippen molar-refractivity contribution in [3.8, 4) is 11.5 Å². The minimum atomic E-state index is -0.835. The van der Waals surface area contributed by atoms with Crippen LogP contribution in [0.1, 0.15) is 23.2 Å². The Balaban J connectivity index is 0.000000209. The number of carboxylic acid groups (broad SMARTS) is 1. The molecule has 0 bridgehead atoms. The molecule has 1 heterocycles. The number of nitrogens with two attached hydrogens (primary N) is 1. The van der Waals surface area contributed by atoms with Crippen LogP contribution in [-0.2, 0) is 0 Å². The number of phenols is 1. The number of hydrogen-bond donors (Lipinski definition) is 3. The molecular formula is C19H22N2O5. The molecule has 7 heteroatoms. The van der Waals surface area contributed by atoms with E-state index in [1.807, 2.05) is 30.3 Å². The summed E-state index contributed by atoms with van der Waals surface area (Å²) < 4.78 is 5.76. The van der Waals surface area contributed by atoms with Gasteiger partial charge in [-0.05, 0) is 36.4 Å². The predicted octanol–water partition coefficient (Wildman–Crippen LogP) is 2.70. The van der Waals surface area contributed by atoms with Crippen molar-refractivity contribution in [3.63, 3.8) is 0 Å². The first-order chi connectivity index (χ1) is 12.5. The van der Waals surface area contributed by atoms with Crippen LogP contribution < -0.4 is 10.5 Å². The number of nitrogens with zero attached hydrogens (tertiary/aromatic N) is 1. The normalized spacial score (nSPS) is 14.1. The van der Waals surface area contributed by atoms with Gasteiger partial charge in [-0.25, -0.2) is 4.79 Å². The zero-order valence-electron chi connectivity index (χ0n) is 14.2. The SMILES string of the molecule is NC(=O)c1ccc(O)cc1.O=C(O)N1CCC(Oc2ccccc2)CC1. The van der Waals surface area contributed by atoms with Gasteiger partial charge in [-0.1, -0.05) is 18.2 Å². The number of benzene rings is 2. The van der Waals surface area contributed by atoms with Gasteiger partial charge in [0.1, 0.15) is 17.6 Å². The highest BCUT2D eigenvalue weighted by molar-refractivity contribution is 5.92. The lowest BCUT2D eigenvalue weighted by atomic mass is 10.1. The quantitative estimate of drug-likeness (QED) is 0.781. The third kappa shape index (κ3) is 6.01. The van der Waals surface area contributed by atoms with Crippen LogP contribution in [0.25, 0.3) is 0 Å². The maximum absolute atomic E-state index is 10.7. The van der Waals surface area contributed by atoms with E-state index < -0.39 is 12.0 Å². The molecule has 0 aliphatic carbocycles. The van der Waals surface area contributed by atoms with Gasteiger partial charge in [-0.15, -0.1) is 0 Å². The Morgan fingerprint density at radius 1 is 1.00 bits per heavy atom. The van der Waals surface area contributed by atoms with Gasteiger partial charge in [0.25, 0.3) is 0 Å². The first-order valence-electron chi connectivity index (χ1n) is 8.24. The maximum Gasteiger partial charge on any atom is 0.407 e. The number of para-hydroxylation sites is 1. The standard InChI is InChI=1S/C12H15NO3.C7H7NO2/c14-12(15)13-8-6-11(7-9-13)16-10-4-2-1-3-5-10;8-7(10)5-1-3-6(9)4-2-5/h1-5,11H,6-9H2,(H,14,15);1-4,9H,(H2,8,10). The molecule has 0 radical (unpaired) electrons. The summed E-state index contributed by atoms with van der Waals surface area (Å²) in [6.45, 7) is 1.12. The first kappa shape index (κ1) is 19.1. The third-order valence-corrected chi connectivity index (χ3v) is 3.91. The molecule has 0 atom stereocenters. The van der Waals surface area contributed by atoms with Crippen molar-refractivity contribution in [2.45, 2.75) is 18.9 Å². The number of rotatable bonds is 3. The average molecular weight is 358 g/mol. The molecule has 138 valence electrons. The molecule has 3 rings (SSSR count). The maximum atomic E-state index is 10.7. The molecule has 26 heavy (non-hydrogen) atoms. The van der Waals surface area contributed by atoms with Crippen molar-refractivity contribution in [1.29, 1.82) is 0 Å². The number of carbonyl (C=O) groups is 2. The molecule has 1 fully saturated rings. The highest BCUT2D eigenvalue weighted by Gasteiger charge is 2.23. The van der Waals surface area contributed by atoms with E-state index in [0.29, 0.717) is 18.7 Å². The Bertz CT molecular complexity index is 710. The molecule has 7 nitrogen and oxygen atoms in total. The number of ether oxygens (including phenoxy) is 1. The zero-order chi connectivity index (χ0) is 18.9. The van der Waals surface area contributed by atoms with Crippen LogP contribution in [-0.4, -0.2) is 46.3 Å². The minimum Gasteiger partial charge on any atom is -0.508 e. The fraction of sp³-hybridized carbons (Fsp3) is 0.263.